The van der Waals surface area contributed by atoms with Crippen molar-refractivity contribution >= 4 is 17.6 Å². The minimum Gasteiger partial charge on any atom is -0.484 e. The monoisotopic (exact) mass is 405 g/mol. The minimum atomic E-state index is -0.747. The number of aromatic nitrogens is 2. The Morgan fingerprint density at radius 2 is 1.83 bits per heavy atom. The first-order valence-corrected chi connectivity index (χ1v) is 9.15. The molecule has 1 saturated heterocycles. The summed E-state index contributed by atoms with van der Waals surface area (Å²) in [5.41, 5.74) is 0.0989. The van der Waals surface area contributed by atoms with Crippen LogP contribution in [0.5, 0.6) is 5.75 Å². The summed E-state index contributed by atoms with van der Waals surface area (Å²) in [5, 5.41) is 5.30. The van der Waals surface area contributed by atoms with Crippen LogP contribution >= 0.6 is 0 Å². The Bertz CT molecular complexity index is 868. The Morgan fingerprint density at radius 3 is 2.48 bits per heavy atom. The molecular weight excluding hydrogens is 384 g/mol. The molecule has 0 spiro atoms. The van der Waals surface area contributed by atoms with Gasteiger partial charge in [-0.25, -0.2) is 18.7 Å². The fourth-order valence-corrected chi connectivity index (χ4v) is 3.01. The van der Waals surface area contributed by atoms with E-state index in [0.717, 1.165) is 12.1 Å². The number of likely N-dealkylation sites (tertiary alicyclic amines) is 1. The van der Waals surface area contributed by atoms with Crippen molar-refractivity contribution in [2.24, 2.45) is 0 Å². The second kappa shape index (κ2) is 9.26. The second-order valence-corrected chi connectivity index (χ2v) is 6.44. The van der Waals surface area contributed by atoms with Crippen LogP contribution in [0.1, 0.15) is 23.3 Å². The van der Waals surface area contributed by atoms with Crippen molar-refractivity contribution in [3.05, 3.63) is 47.9 Å². The highest BCUT2D eigenvalue weighted by atomic mass is 19.1. The van der Waals surface area contributed by atoms with E-state index in [4.69, 9.17) is 4.74 Å². The third kappa shape index (κ3) is 4.95. The molecule has 0 aliphatic carbocycles. The highest BCUT2D eigenvalue weighted by Gasteiger charge is 2.26. The first kappa shape index (κ1) is 20.4. The van der Waals surface area contributed by atoms with Gasteiger partial charge in [-0.15, -0.1) is 0 Å². The fourth-order valence-electron chi connectivity index (χ4n) is 3.01. The summed E-state index contributed by atoms with van der Waals surface area (Å²) in [7, 11) is 1.48. The van der Waals surface area contributed by atoms with Crippen molar-refractivity contribution in [2.75, 3.05) is 32.0 Å². The van der Waals surface area contributed by atoms with Crippen LogP contribution in [0.4, 0.5) is 14.6 Å². The highest BCUT2D eigenvalue weighted by Crippen LogP contribution is 2.25. The third-order valence-electron chi connectivity index (χ3n) is 4.55. The van der Waals surface area contributed by atoms with E-state index in [2.05, 4.69) is 20.6 Å². The Labute approximate surface area is 166 Å². The minimum absolute atomic E-state index is 0.0594. The lowest BCUT2D eigenvalue weighted by atomic mass is 10.1. The number of piperidine rings is 1. The summed E-state index contributed by atoms with van der Waals surface area (Å²) in [6.45, 7) is 0.726. The average molecular weight is 405 g/mol. The first-order valence-electron chi connectivity index (χ1n) is 9.15. The molecule has 2 amide bonds. The van der Waals surface area contributed by atoms with Gasteiger partial charge in [0.15, 0.2) is 28.9 Å². The molecule has 1 aromatic carbocycles. The lowest BCUT2D eigenvalue weighted by Gasteiger charge is -2.32. The predicted molar refractivity (Wildman–Crippen MR) is 100 cm³/mol. The summed E-state index contributed by atoms with van der Waals surface area (Å²) in [6.07, 6.45) is 3.34. The highest BCUT2D eigenvalue weighted by molar-refractivity contribution is 5.97. The summed E-state index contributed by atoms with van der Waals surface area (Å²) >= 11 is 0. The van der Waals surface area contributed by atoms with Crippen LogP contribution < -0.4 is 15.4 Å². The molecule has 2 N–H and O–H groups in total. The van der Waals surface area contributed by atoms with E-state index in [9.17, 15) is 18.4 Å². The number of carbonyl (C=O) groups excluding carboxylic acids is 2. The Hall–Kier alpha value is -3.30. The van der Waals surface area contributed by atoms with Gasteiger partial charge in [0.2, 0.25) is 5.91 Å². The van der Waals surface area contributed by atoms with Gasteiger partial charge in [0, 0.05) is 45.4 Å². The number of hydrogen-bond donors (Lipinski definition) is 2. The molecule has 0 radical (unpaired) electrons. The van der Waals surface area contributed by atoms with E-state index in [-0.39, 0.29) is 35.8 Å². The molecule has 2 aromatic rings. The number of carbonyl (C=O) groups is 2. The Kier molecular flexibility index (Phi) is 6.53. The molecule has 10 heteroatoms. The molecule has 1 aromatic heterocycles. The number of rotatable bonds is 6. The number of nitrogens with zero attached hydrogens (tertiary/aromatic N) is 3. The standard InChI is InChI=1S/C19H21F2N5O3/c1-22-19(28)16-18(24-8-7-23-16)25-11-15(27)26-9-5-12(6-10-26)29-17-13(20)3-2-4-14(17)21/h2-4,7-8,12H,5-6,9-11H2,1H3,(H,22,28)(H,24,25). The molecule has 0 unspecified atom stereocenters. The first-order chi connectivity index (χ1) is 14.0. The smallest absolute Gasteiger partial charge is 0.273 e. The maximum Gasteiger partial charge on any atom is 0.273 e. The van der Waals surface area contributed by atoms with Crippen molar-refractivity contribution < 1.29 is 23.1 Å². The lowest BCUT2D eigenvalue weighted by Crippen LogP contribution is -2.44. The van der Waals surface area contributed by atoms with E-state index in [1.54, 1.807) is 4.90 Å². The van der Waals surface area contributed by atoms with Crippen LogP contribution in [-0.4, -0.2) is 59.5 Å². The maximum absolute atomic E-state index is 13.7. The van der Waals surface area contributed by atoms with Gasteiger partial charge in [-0.05, 0) is 12.1 Å². The topological polar surface area (TPSA) is 96.4 Å². The number of hydrogen-bond acceptors (Lipinski definition) is 6. The lowest BCUT2D eigenvalue weighted by molar-refractivity contribution is -0.131. The summed E-state index contributed by atoms with van der Waals surface area (Å²) in [5.74, 6) is -2.26. The molecule has 1 aliphatic heterocycles. The zero-order valence-electron chi connectivity index (χ0n) is 15.8. The van der Waals surface area contributed by atoms with E-state index in [1.807, 2.05) is 0 Å². The van der Waals surface area contributed by atoms with Crippen LogP contribution in [0.3, 0.4) is 0 Å². The molecule has 2 heterocycles. The molecule has 0 bridgehead atoms. The molecule has 1 aliphatic rings. The van der Waals surface area contributed by atoms with Crippen LogP contribution in [0.25, 0.3) is 0 Å². The van der Waals surface area contributed by atoms with Gasteiger partial charge in [0.05, 0.1) is 6.54 Å². The second-order valence-electron chi connectivity index (χ2n) is 6.44. The molecular formula is C19H21F2N5O3. The van der Waals surface area contributed by atoms with E-state index in [1.165, 1.54) is 25.5 Å². The van der Waals surface area contributed by atoms with Crippen molar-refractivity contribution in [3.63, 3.8) is 0 Å². The summed E-state index contributed by atoms with van der Waals surface area (Å²) in [4.78, 5) is 33.9. The van der Waals surface area contributed by atoms with Crippen LogP contribution in [0.15, 0.2) is 30.6 Å². The number of ether oxygens (including phenoxy) is 1. The van der Waals surface area contributed by atoms with Gasteiger partial charge in [-0.3, -0.25) is 9.59 Å². The van der Waals surface area contributed by atoms with E-state index < -0.39 is 17.5 Å². The number of benzene rings is 1. The van der Waals surface area contributed by atoms with Gasteiger partial charge in [-0.2, -0.15) is 0 Å². The van der Waals surface area contributed by atoms with Crippen LogP contribution in [0.2, 0.25) is 0 Å². The quantitative estimate of drug-likeness (QED) is 0.758. The van der Waals surface area contributed by atoms with Gasteiger partial charge in [0.1, 0.15) is 6.10 Å². The molecule has 29 heavy (non-hydrogen) atoms. The molecule has 0 atom stereocenters. The normalized spacial score (nSPS) is 14.4. The SMILES string of the molecule is CNC(=O)c1nccnc1NCC(=O)N1CCC(Oc2c(F)cccc2F)CC1. The van der Waals surface area contributed by atoms with Crippen molar-refractivity contribution in [2.45, 2.75) is 18.9 Å². The van der Waals surface area contributed by atoms with Crippen molar-refractivity contribution in [1.29, 1.82) is 0 Å². The van der Waals surface area contributed by atoms with Crippen molar-refractivity contribution in [3.8, 4) is 5.75 Å². The summed E-state index contributed by atoms with van der Waals surface area (Å²) < 4.78 is 32.9. The van der Waals surface area contributed by atoms with Gasteiger partial charge in [0.25, 0.3) is 5.91 Å². The number of anilines is 1. The average Bonchev–Trinajstić information content (AvgIpc) is 2.75. The largest absolute Gasteiger partial charge is 0.484 e. The van der Waals surface area contributed by atoms with E-state index >= 15 is 0 Å². The van der Waals surface area contributed by atoms with Crippen molar-refractivity contribution in [1.82, 2.24) is 20.2 Å². The number of amides is 2. The fraction of sp³-hybridized carbons (Fsp3) is 0.368. The number of para-hydroxylation sites is 1. The van der Waals surface area contributed by atoms with Gasteiger partial charge in [-0.1, -0.05) is 6.07 Å². The number of halogens is 2. The summed E-state index contributed by atoms with van der Waals surface area (Å²) in [6, 6.07) is 3.56. The van der Waals surface area contributed by atoms with Gasteiger partial charge >= 0.3 is 0 Å². The van der Waals surface area contributed by atoms with Crippen LogP contribution in [-0.2, 0) is 4.79 Å². The third-order valence-corrected chi connectivity index (χ3v) is 4.55. The Balaban J connectivity index is 1.51. The molecule has 0 saturated carbocycles. The van der Waals surface area contributed by atoms with Gasteiger partial charge < -0.3 is 20.3 Å². The molecule has 1 fully saturated rings. The predicted octanol–water partition coefficient (Wildman–Crippen LogP) is 1.60. The number of nitrogens with one attached hydrogen (secondary N) is 2. The Morgan fingerprint density at radius 1 is 1.17 bits per heavy atom. The van der Waals surface area contributed by atoms with Crippen LogP contribution in [0, 0.1) is 11.6 Å². The molecule has 154 valence electrons. The zero-order chi connectivity index (χ0) is 20.8. The maximum atomic E-state index is 13.7. The zero-order valence-corrected chi connectivity index (χ0v) is 15.8. The van der Waals surface area contributed by atoms with E-state index in [0.29, 0.717) is 25.9 Å². The molecule has 3 rings (SSSR count). The molecule has 8 nitrogen and oxygen atoms in total.